The van der Waals surface area contributed by atoms with Crippen molar-refractivity contribution in [3.8, 4) is 0 Å². The van der Waals surface area contributed by atoms with Crippen molar-refractivity contribution in [1.82, 2.24) is 5.32 Å². The first-order chi connectivity index (χ1) is 7.24. The fraction of sp³-hybridized carbons (Fsp3) is 0.417. The van der Waals surface area contributed by atoms with E-state index in [9.17, 15) is 0 Å². The number of aliphatic imine (C=N–C) groups is 1. The first kappa shape index (κ1) is 11.6. The van der Waals surface area contributed by atoms with Crippen LogP contribution in [-0.2, 0) is 0 Å². The molecular weight excluding hydrogens is 186 g/mol. The van der Waals surface area contributed by atoms with Crippen LogP contribution in [0.25, 0.3) is 0 Å². The molecular formula is C12H19N3. The smallest absolute Gasteiger partial charge is 0.188 e. The van der Waals surface area contributed by atoms with Crippen molar-refractivity contribution in [3.05, 3.63) is 35.9 Å². The normalized spacial score (nSPS) is 13.6. The fourth-order valence-electron chi connectivity index (χ4n) is 1.44. The van der Waals surface area contributed by atoms with Crippen LogP contribution in [0.5, 0.6) is 0 Å². The quantitative estimate of drug-likeness (QED) is 0.581. The molecule has 3 N–H and O–H groups in total. The van der Waals surface area contributed by atoms with Gasteiger partial charge in [-0.3, -0.25) is 4.99 Å². The zero-order valence-corrected chi connectivity index (χ0v) is 9.40. The van der Waals surface area contributed by atoms with E-state index < -0.39 is 0 Å². The number of hydrogen-bond donors (Lipinski definition) is 2. The van der Waals surface area contributed by atoms with E-state index in [1.807, 2.05) is 6.07 Å². The largest absolute Gasteiger partial charge is 0.370 e. The van der Waals surface area contributed by atoms with Crippen LogP contribution in [0, 0.1) is 0 Å². The van der Waals surface area contributed by atoms with Gasteiger partial charge in [-0.2, -0.15) is 0 Å². The number of hydrogen-bond acceptors (Lipinski definition) is 1. The molecule has 0 bridgehead atoms. The van der Waals surface area contributed by atoms with E-state index >= 15 is 0 Å². The summed E-state index contributed by atoms with van der Waals surface area (Å²) in [5.74, 6) is 1.05. The minimum Gasteiger partial charge on any atom is -0.370 e. The molecule has 0 saturated carbocycles. The number of nitrogens with one attached hydrogen (secondary N) is 1. The zero-order chi connectivity index (χ0) is 11.1. The monoisotopic (exact) mass is 205 g/mol. The molecule has 0 saturated heterocycles. The third kappa shape index (κ3) is 4.02. The Bertz CT molecular complexity index is 306. The molecule has 3 heteroatoms. The molecule has 0 fully saturated rings. The molecule has 1 atom stereocenters. The average molecular weight is 205 g/mol. The second kappa shape index (κ2) is 6.06. The van der Waals surface area contributed by atoms with Crippen molar-refractivity contribution in [3.63, 3.8) is 0 Å². The Balaban J connectivity index is 2.34. The molecule has 1 aromatic carbocycles. The van der Waals surface area contributed by atoms with E-state index in [-0.39, 0.29) is 0 Å². The SMILES string of the molecule is CN=C(N)NCCC(C)c1ccccc1. The Morgan fingerprint density at radius 1 is 1.40 bits per heavy atom. The van der Waals surface area contributed by atoms with E-state index in [0.717, 1.165) is 13.0 Å². The maximum absolute atomic E-state index is 5.54. The molecule has 0 aliphatic rings. The van der Waals surface area contributed by atoms with Crippen molar-refractivity contribution >= 4 is 5.96 Å². The molecule has 0 heterocycles. The first-order valence-corrected chi connectivity index (χ1v) is 5.25. The summed E-state index contributed by atoms with van der Waals surface area (Å²) in [7, 11) is 1.68. The zero-order valence-electron chi connectivity index (χ0n) is 9.40. The number of rotatable bonds is 4. The Morgan fingerprint density at radius 2 is 2.07 bits per heavy atom. The van der Waals surface area contributed by atoms with Gasteiger partial charge in [0.15, 0.2) is 5.96 Å². The fourth-order valence-corrected chi connectivity index (χ4v) is 1.44. The van der Waals surface area contributed by atoms with E-state index in [1.54, 1.807) is 7.05 Å². The number of benzene rings is 1. The van der Waals surface area contributed by atoms with Gasteiger partial charge < -0.3 is 11.1 Å². The number of nitrogens with two attached hydrogens (primary N) is 1. The maximum Gasteiger partial charge on any atom is 0.188 e. The highest BCUT2D eigenvalue weighted by atomic mass is 15.1. The van der Waals surface area contributed by atoms with Crippen LogP contribution in [0.1, 0.15) is 24.8 Å². The summed E-state index contributed by atoms with van der Waals surface area (Å²) in [4.78, 5) is 3.84. The van der Waals surface area contributed by atoms with Crippen molar-refractivity contribution in [1.29, 1.82) is 0 Å². The lowest BCUT2D eigenvalue weighted by Gasteiger charge is -2.12. The molecule has 0 aromatic heterocycles. The second-order valence-corrected chi connectivity index (χ2v) is 3.64. The van der Waals surface area contributed by atoms with Gasteiger partial charge in [-0.15, -0.1) is 0 Å². The van der Waals surface area contributed by atoms with Crippen molar-refractivity contribution in [2.45, 2.75) is 19.3 Å². The van der Waals surface area contributed by atoms with Crippen molar-refractivity contribution in [2.75, 3.05) is 13.6 Å². The number of guanidine groups is 1. The lowest BCUT2D eigenvalue weighted by Crippen LogP contribution is -2.32. The van der Waals surface area contributed by atoms with Gasteiger partial charge in [-0.1, -0.05) is 37.3 Å². The number of nitrogens with zero attached hydrogens (tertiary/aromatic N) is 1. The van der Waals surface area contributed by atoms with Crippen molar-refractivity contribution < 1.29 is 0 Å². The maximum atomic E-state index is 5.54. The predicted molar refractivity (Wildman–Crippen MR) is 65.0 cm³/mol. The molecule has 1 unspecified atom stereocenters. The molecule has 1 aromatic rings. The highest BCUT2D eigenvalue weighted by Crippen LogP contribution is 2.17. The highest BCUT2D eigenvalue weighted by Gasteiger charge is 2.03. The average Bonchev–Trinajstić information content (AvgIpc) is 2.29. The van der Waals surface area contributed by atoms with Crippen LogP contribution in [0.15, 0.2) is 35.3 Å². The molecule has 0 amide bonds. The second-order valence-electron chi connectivity index (χ2n) is 3.64. The Kier molecular flexibility index (Phi) is 4.68. The van der Waals surface area contributed by atoms with Gasteiger partial charge in [-0.25, -0.2) is 0 Å². The lowest BCUT2D eigenvalue weighted by atomic mass is 9.98. The first-order valence-electron chi connectivity index (χ1n) is 5.25. The van der Waals surface area contributed by atoms with Crippen LogP contribution >= 0.6 is 0 Å². The van der Waals surface area contributed by atoms with Gasteiger partial charge in [0, 0.05) is 13.6 Å². The predicted octanol–water partition coefficient (Wildman–Crippen LogP) is 1.71. The molecule has 3 nitrogen and oxygen atoms in total. The van der Waals surface area contributed by atoms with E-state index in [0.29, 0.717) is 11.9 Å². The summed E-state index contributed by atoms with van der Waals surface area (Å²) in [5, 5.41) is 3.06. The van der Waals surface area contributed by atoms with Gasteiger partial charge in [0.1, 0.15) is 0 Å². The van der Waals surface area contributed by atoms with Crippen LogP contribution < -0.4 is 11.1 Å². The van der Waals surface area contributed by atoms with Gasteiger partial charge in [0.2, 0.25) is 0 Å². The summed E-state index contributed by atoms with van der Waals surface area (Å²) in [6, 6.07) is 10.5. The summed E-state index contributed by atoms with van der Waals surface area (Å²) < 4.78 is 0. The van der Waals surface area contributed by atoms with Crippen LogP contribution in [-0.4, -0.2) is 19.6 Å². The lowest BCUT2D eigenvalue weighted by molar-refractivity contribution is 0.660. The van der Waals surface area contributed by atoms with Crippen molar-refractivity contribution in [2.24, 2.45) is 10.7 Å². The standard InChI is InChI=1S/C12H19N3/c1-10(8-9-15-12(13)14-2)11-6-4-3-5-7-11/h3-7,10H,8-9H2,1-2H3,(H3,13,14,15). The molecule has 15 heavy (non-hydrogen) atoms. The Labute approximate surface area is 91.4 Å². The molecule has 0 aliphatic carbocycles. The van der Waals surface area contributed by atoms with Crippen LogP contribution in [0.3, 0.4) is 0 Å². The van der Waals surface area contributed by atoms with E-state index in [4.69, 9.17) is 5.73 Å². The Morgan fingerprint density at radius 3 is 2.67 bits per heavy atom. The summed E-state index contributed by atoms with van der Waals surface area (Å²) in [5.41, 5.74) is 6.90. The molecule has 0 aliphatic heterocycles. The summed E-state index contributed by atoms with van der Waals surface area (Å²) in [6.45, 7) is 3.08. The topological polar surface area (TPSA) is 50.4 Å². The highest BCUT2D eigenvalue weighted by molar-refractivity contribution is 5.77. The third-order valence-electron chi connectivity index (χ3n) is 2.49. The van der Waals surface area contributed by atoms with Gasteiger partial charge >= 0.3 is 0 Å². The summed E-state index contributed by atoms with van der Waals surface area (Å²) in [6.07, 6.45) is 1.06. The third-order valence-corrected chi connectivity index (χ3v) is 2.49. The minimum absolute atomic E-state index is 0.510. The van der Waals surface area contributed by atoms with E-state index in [2.05, 4.69) is 41.5 Å². The summed E-state index contributed by atoms with van der Waals surface area (Å²) >= 11 is 0. The van der Waals surface area contributed by atoms with Crippen LogP contribution in [0.2, 0.25) is 0 Å². The Hall–Kier alpha value is -1.51. The van der Waals surface area contributed by atoms with Gasteiger partial charge in [-0.05, 0) is 17.9 Å². The molecule has 82 valence electrons. The molecule has 0 spiro atoms. The van der Waals surface area contributed by atoms with Gasteiger partial charge in [0.05, 0.1) is 0 Å². The van der Waals surface area contributed by atoms with Crippen LogP contribution in [0.4, 0.5) is 0 Å². The van der Waals surface area contributed by atoms with Gasteiger partial charge in [0.25, 0.3) is 0 Å². The molecule has 0 radical (unpaired) electrons. The van der Waals surface area contributed by atoms with E-state index in [1.165, 1.54) is 5.56 Å². The minimum atomic E-state index is 0.510. The molecule has 1 rings (SSSR count).